The number of hydrogen-bond acceptors (Lipinski definition) is 5. The van der Waals surface area contributed by atoms with Crippen molar-refractivity contribution in [1.29, 1.82) is 0 Å². The molecule has 0 atom stereocenters. The van der Waals surface area contributed by atoms with Gasteiger partial charge in [-0.2, -0.15) is 4.98 Å². The van der Waals surface area contributed by atoms with Gasteiger partial charge in [0.25, 0.3) is 0 Å². The van der Waals surface area contributed by atoms with E-state index in [9.17, 15) is 13.2 Å². The minimum Gasteiger partial charge on any atom is -0.395 e. The second-order valence-corrected chi connectivity index (χ2v) is 5.33. The van der Waals surface area contributed by atoms with Crippen molar-refractivity contribution in [1.82, 2.24) is 9.97 Å². The summed E-state index contributed by atoms with van der Waals surface area (Å²) < 4.78 is 40.4. The molecule has 0 saturated carbocycles. The summed E-state index contributed by atoms with van der Waals surface area (Å²) in [6, 6.07) is 12.6. The number of hydrogen-bond donors (Lipinski definition) is 3. The van der Waals surface area contributed by atoms with Crippen LogP contribution in [0.4, 0.5) is 30.6 Å². The number of nitrogens with one attached hydrogen (secondary N) is 2. The van der Waals surface area contributed by atoms with Gasteiger partial charge >= 0.3 is 0 Å². The number of nitrogens with zero attached hydrogens (tertiary/aromatic N) is 2. The van der Waals surface area contributed by atoms with Crippen LogP contribution in [0.5, 0.6) is 0 Å². The Kier molecular flexibility index (Phi) is 5.33. The Morgan fingerprint density at radius 3 is 2.42 bits per heavy atom. The van der Waals surface area contributed by atoms with E-state index >= 15 is 0 Å². The van der Waals surface area contributed by atoms with E-state index in [0.29, 0.717) is 5.69 Å². The molecule has 0 radical (unpaired) electrons. The van der Waals surface area contributed by atoms with E-state index in [1.165, 1.54) is 0 Å². The Morgan fingerprint density at radius 1 is 0.923 bits per heavy atom. The molecule has 0 bridgehead atoms. The van der Waals surface area contributed by atoms with Crippen molar-refractivity contribution < 1.29 is 18.3 Å². The smallest absolute Gasteiger partial charge is 0.225 e. The first-order chi connectivity index (χ1) is 12.6. The fourth-order valence-corrected chi connectivity index (χ4v) is 2.28. The zero-order chi connectivity index (χ0) is 18.5. The van der Waals surface area contributed by atoms with Gasteiger partial charge in [-0.05, 0) is 12.1 Å². The third-order valence-electron chi connectivity index (χ3n) is 3.49. The first-order valence-electron chi connectivity index (χ1n) is 7.78. The molecular formula is C18H15F3N4O. The quantitative estimate of drug-likeness (QED) is 0.585. The van der Waals surface area contributed by atoms with Gasteiger partial charge in [-0.15, -0.1) is 0 Å². The SMILES string of the molecule is OCCNc1nc(Nc2ccc(F)c(F)c2F)cc(-c2ccccc2)n1. The molecular weight excluding hydrogens is 345 g/mol. The lowest BCUT2D eigenvalue weighted by Gasteiger charge is -2.12. The summed E-state index contributed by atoms with van der Waals surface area (Å²) in [5, 5.41) is 14.4. The summed E-state index contributed by atoms with van der Waals surface area (Å²) in [6.07, 6.45) is 0. The normalized spacial score (nSPS) is 10.6. The van der Waals surface area contributed by atoms with Gasteiger partial charge in [0.15, 0.2) is 17.5 Å². The molecule has 1 heterocycles. The van der Waals surface area contributed by atoms with E-state index < -0.39 is 17.5 Å². The van der Waals surface area contributed by atoms with Crippen molar-refractivity contribution in [2.75, 3.05) is 23.8 Å². The number of benzene rings is 2. The summed E-state index contributed by atoms with van der Waals surface area (Å²) in [7, 11) is 0. The van der Waals surface area contributed by atoms with Crippen LogP contribution in [0.1, 0.15) is 0 Å². The maximum absolute atomic E-state index is 13.9. The topological polar surface area (TPSA) is 70.1 Å². The van der Waals surface area contributed by atoms with Gasteiger partial charge in [0.05, 0.1) is 18.0 Å². The highest BCUT2D eigenvalue weighted by Crippen LogP contribution is 2.26. The van der Waals surface area contributed by atoms with Gasteiger partial charge in [0.2, 0.25) is 5.95 Å². The lowest BCUT2D eigenvalue weighted by molar-refractivity contribution is 0.311. The lowest BCUT2D eigenvalue weighted by atomic mass is 10.1. The molecule has 3 N–H and O–H groups in total. The lowest BCUT2D eigenvalue weighted by Crippen LogP contribution is -2.10. The first kappa shape index (κ1) is 17.7. The van der Waals surface area contributed by atoms with E-state index in [1.54, 1.807) is 6.07 Å². The molecule has 5 nitrogen and oxygen atoms in total. The molecule has 0 amide bonds. The standard InChI is InChI=1S/C18H15F3N4O/c19-12-6-7-13(17(21)16(12)20)23-15-10-14(11-4-2-1-3-5-11)24-18(25-15)22-8-9-26/h1-7,10,26H,8-9H2,(H2,22,23,24,25). The third-order valence-corrected chi connectivity index (χ3v) is 3.49. The van der Waals surface area contributed by atoms with Crippen LogP contribution >= 0.6 is 0 Å². The molecule has 1 aromatic heterocycles. The molecule has 3 aromatic rings. The minimum atomic E-state index is -1.56. The Bertz CT molecular complexity index is 906. The van der Waals surface area contributed by atoms with Crippen LogP contribution in [0, 0.1) is 17.5 Å². The number of aliphatic hydroxyl groups is 1. The largest absolute Gasteiger partial charge is 0.395 e. The van der Waals surface area contributed by atoms with Crippen molar-refractivity contribution in [3.8, 4) is 11.3 Å². The molecule has 2 aromatic carbocycles. The van der Waals surface area contributed by atoms with Crippen LogP contribution in [-0.4, -0.2) is 28.2 Å². The summed E-state index contributed by atoms with van der Waals surface area (Å²) in [5.41, 5.74) is 1.07. The Balaban J connectivity index is 1.99. The zero-order valence-corrected chi connectivity index (χ0v) is 13.5. The predicted octanol–water partition coefficient (Wildman–Crippen LogP) is 3.71. The number of halogens is 3. The van der Waals surface area contributed by atoms with E-state index in [2.05, 4.69) is 20.6 Å². The van der Waals surface area contributed by atoms with Gasteiger partial charge in [0.1, 0.15) is 5.82 Å². The summed E-state index contributed by atoms with van der Waals surface area (Å²) in [5.74, 6) is -3.79. The maximum atomic E-state index is 13.9. The molecule has 0 aliphatic carbocycles. The molecule has 3 rings (SSSR count). The molecule has 0 spiro atoms. The van der Waals surface area contributed by atoms with Gasteiger partial charge in [-0.3, -0.25) is 0 Å². The number of aliphatic hydroxyl groups excluding tert-OH is 1. The first-order valence-corrected chi connectivity index (χ1v) is 7.78. The average Bonchev–Trinajstić information content (AvgIpc) is 2.67. The number of rotatable bonds is 6. The molecule has 134 valence electrons. The summed E-state index contributed by atoms with van der Waals surface area (Å²) in [4.78, 5) is 8.49. The van der Waals surface area contributed by atoms with Crippen LogP contribution in [-0.2, 0) is 0 Å². The third kappa shape index (κ3) is 3.92. The fourth-order valence-electron chi connectivity index (χ4n) is 2.28. The Labute approximate surface area is 147 Å². The summed E-state index contributed by atoms with van der Waals surface area (Å²) >= 11 is 0. The molecule has 0 unspecified atom stereocenters. The molecule has 0 aliphatic rings. The Hall–Kier alpha value is -3.13. The highest BCUT2D eigenvalue weighted by molar-refractivity contribution is 5.67. The molecule has 8 heteroatoms. The molecule has 26 heavy (non-hydrogen) atoms. The number of aromatic nitrogens is 2. The summed E-state index contributed by atoms with van der Waals surface area (Å²) in [6.45, 7) is 0.0940. The Morgan fingerprint density at radius 2 is 1.69 bits per heavy atom. The van der Waals surface area contributed by atoms with Gasteiger partial charge in [-0.1, -0.05) is 30.3 Å². The van der Waals surface area contributed by atoms with Crippen LogP contribution in [0.25, 0.3) is 11.3 Å². The highest BCUT2D eigenvalue weighted by Gasteiger charge is 2.15. The van der Waals surface area contributed by atoms with Gasteiger partial charge in [0, 0.05) is 18.2 Å². The van der Waals surface area contributed by atoms with Crippen LogP contribution < -0.4 is 10.6 Å². The highest BCUT2D eigenvalue weighted by atomic mass is 19.2. The molecule has 0 aliphatic heterocycles. The fraction of sp³-hybridized carbons (Fsp3) is 0.111. The van der Waals surface area contributed by atoms with E-state index in [-0.39, 0.29) is 30.6 Å². The van der Waals surface area contributed by atoms with Gasteiger partial charge in [-0.25, -0.2) is 18.2 Å². The number of anilines is 3. The minimum absolute atomic E-state index is 0.126. The predicted molar refractivity (Wildman–Crippen MR) is 92.6 cm³/mol. The second kappa shape index (κ2) is 7.83. The van der Waals surface area contributed by atoms with Gasteiger partial charge < -0.3 is 15.7 Å². The van der Waals surface area contributed by atoms with Crippen molar-refractivity contribution in [2.45, 2.75) is 0 Å². The van der Waals surface area contributed by atoms with Crippen LogP contribution in [0.15, 0.2) is 48.5 Å². The van der Waals surface area contributed by atoms with E-state index in [4.69, 9.17) is 5.11 Å². The van der Waals surface area contributed by atoms with Crippen molar-refractivity contribution in [3.05, 3.63) is 66.0 Å². The average molecular weight is 360 g/mol. The van der Waals surface area contributed by atoms with Crippen molar-refractivity contribution in [3.63, 3.8) is 0 Å². The zero-order valence-electron chi connectivity index (χ0n) is 13.5. The second-order valence-electron chi connectivity index (χ2n) is 5.33. The molecule has 0 fully saturated rings. The molecule has 0 saturated heterocycles. The van der Waals surface area contributed by atoms with E-state index in [0.717, 1.165) is 17.7 Å². The monoisotopic (exact) mass is 360 g/mol. The van der Waals surface area contributed by atoms with Crippen LogP contribution in [0.2, 0.25) is 0 Å². The van der Waals surface area contributed by atoms with Crippen molar-refractivity contribution in [2.24, 2.45) is 0 Å². The van der Waals surface area contributed by atoms with Crippen LogP contribution in [0.3, 0.4) is 0 Å². The van der Waals surface area contributed by atoms with E-state index in [1.807, 2.05) is 30.3 Å². The van der Waals surface area contributed by atoms with Crippen molar-refractivity contribution >= 4 is 17.5 Å². The maximum Gasteiger partial charge on any atom is 0.225 e.